The highest BCUT2D eigenvalue weighted by Crippen LogP contribution is 2.30. The molecule has 1 heteroatoms. The second-order valence-electron chi connectivity index (χ2n) is 5.12. The Kier molecular flexibility index (Phi) is 4.55. The van der Waals surface area contributed by atoms with E-state index in [1.807, 2.05) is 0 Å². The maximum Gasteiger partial charge on any atom is -0.00690 e. The average molecular weight is 219 g/mol. The minimum Gasteiger partial charge on any atom is -0.330 e. The Morgan fingerprint density at radius 1 is 1.12 bits per heavy atom. The molecule has 0 atom stereocenters. The first-order valence-corrected chi connectivity index (χ1v) is 6.37. The molecule has 0 radical (unpaired) electrons. The van der Waals surface area contributed by atoms with Crippen LogP contribution in [0.15, 0.2) is 18.2 Å². The van der Waals surface area contributed by atoms with Gasteiger partial charge >= 0.3 is 0 Å². The van der Waals surface area contributed by atoms with Gasteiger partial charge in [-0.15, -0.1) is 0 Å². The predicted octanol–water partition coefficient (Wildman–Crippen LogP) is 3.44. The Balaban J connectivity index is 3.17. The molecule has 90 valence electrons. The van der Waals surface area contributed by atoms with Gasteiger partial charge in [0.25, 0.3) is 0 Å². The number of rotatable bonds is 5. The second kappa shape index (κ2) is 5.49. The van der Waals surface area contributed by atoms with Crippen LogP contribution in [0.5, 0.6) is 0 Å². The van der Waals surface area contributed by atoms with Gasteiger partial charge in [-0.05, 0) is 47.9 Å². The minimum absolute atomic E-state index is 0.200. The summed E-state index contributed by atoms with van der Waals surface area (Å²) in [6.45, 7) is 9.79. The Morgan fingerprint density at radius 2 is 1.81 bits per heavy atom. The molecule has 0 aliphatic heterocycles. The van der Waals surface area contributed by atoms with Crippen LogP contribution in [0.3, 0.4) is 0 Å². The molecule has 0 saturated heterocycles. The zero-order valence-corrected chi connectivity index (χ0v) is 11.1. The third kappa shape index (κ3) is 2.85. The lowest BCUT2D eigenvalue weighted by Gasteiger charge is -2.28. The van der Waals surface area contributed by atoms with Crippen LogP contribution in [0.2, 0.25) is 0 Å². The van der Waals surface area contributed by atoms with E-state index in [0.29, 0.717) is 0 Å². The number of aryl methyl sites for hydroxylation is 2. The van der Waals surface area contributed by atoms with Gasteiger partial charge in [-0.3, -0.25) is 0 Å². The van der Waals surface area contributed by atoms with Crippen LogP contribution < -0.4 is 5.73 Å². The normalized spacial score (nSPS) is 11.8. The van der Waals surface area contributed by atoms with Gasteiger partial charge in [0, 0.05) is 0 Å². The molecule has 0 aliphatic rings. The quantitative estimate of drug-likeness (QED) is 0.806. The van der Waals surface area contributed by atoms with Crippen molar-refractivity contribution >= 4 is 0 Å². The van der Waals surface area contributed by atoms with Gasteiger partial charge in [-0.2, -0.15) is 0 Å². The van der Waals surface area contributed by atoms with Gasteiger partial charge in [0.2, 0.25) is 0 Å². The first-order chi connectivity index (χ1) is 7.55. The summed E-state index contributed by atoms with van der Waals surface area (Å²) < 4.78 is 0. The Morgan fingerprint density at radius 3 is 2.31 bits per heavy atom. The van der Waals surface area contributed by atoms with Crippen molar-refractivity contribution in [2.75, 3.05) is 6.54 Å². The van der Waals surface area contributed by atoms with Crippen molar-refractivity contribution in [2.45, 2.75) is 52.4 Å². The third-order valence-corrected chi connectivity index (χ3v) is 3.46. The summed E-state index contributed by atoms with van der Waals surface area (Å²) in [6.07, 6.45) is 3.26. The van der Waals surface area contributed by atoms with E-state index in [0.717, 1.165) is 25.8 Å². The van der Waals surface area contributed by atoms with Crippen molar-refractivity contribution < 1.29 is 0 Å². The largest absolute Gasteiger partial charge is 0.330 e. The van der Waals surface area contributed by atoms with Crippen LogP contribution >= 0.6 is 0 Å². The second-order valence-corrected chi connectivity index (χ2v) is 5.12. The number of benzene rings is 1. The van der Waals surface area contributed by atoms with Crippen molar-refractivity contribution in [3.63, 3.8) is 0 Å². The Hall–Kier alpha value is -0.820. The number of hydrogen-bond acceptors (Lipinski definition) is 1. The molecule has 0 heterocycles. The molecule has 2 N–H and O–H groups in total. The van der Waals surface area contributed by atoms with Gasteiger partial charge in [0.1, 0.15) is 0 Å². The molecule has 0 spiro atoms. The van der Waals surface area contributed by atoms with E-state index < -0.39 is 0 Å². The first-order valence-electron chi connectivity index (χ1n) is 6.37. The van der Waals surface area contributed by atoms with Crippen LogP contribution in [0, 0.1) is 0 Å². The smallest absolute Gasteiger partial charge is 0.00690 e. The van der Waals surface area contributed by atoms with Crippen LogP contribution in [-0.4, -0.2) is 6.54 Å². The standard InChI is InChI=1S/C15H25N/c1-5-12-7-8-13(6-2)14(11-12)15(3,4)9-10-16/h7-8,11H,5-6,9-10,16H2,1-4H3. The highest BCUT2D eigenvalue weighted by molar-refractivity contribution is 5.37. The van der Waals surface area contributed by atoms with Gasteiger partial charge in [0.15, 0.2) is 0 Å². The fourth-order valence-corrected chi connectivity index (χ4v) is 2.28. The van der Waals surface area contributed by atoms with E-state index in [-0.39, 0.29) is 5.41 Å². The molecule has 1 nitrogen and oxygen atoms in total. The maximum absolute atomic E-state index is 5.71. The summed E-state index contributed by atoms with van der Waals surface area (Å²) in [7, 11) is 0. The van der Waals surface area contributed by atoms with Crippen LogP contribution in [0.1, 0.15) is 50.8 Å². The summed E-state index contributed by atoms with van der Waals surface area (Å²) in [5.41, 5.74) is 10.3. The Bertz CT molecular complexity index is 339. The third-order valence-electron chi connectivity index (χ3n) is 3.46. The maximum atomic E-state index is 5.71. The van der Waals surface area contributed by atoms with Gasteiger partial charge < -0.3 is 5.73 Å². The molecule has 16 heavy (non-hydrogen) atoms. The number of nitrogens with two attached hydrogens (primary N) is 1. The molecule has 0 aliphatic carbocycles. The highest BCUT2D eigenvalue weighted by atomic mass is 14.5. The van der Waals surface area contributed by atoms with Crippen LogP contribution in [-0.2, 0) is 18.3 Å². The minimum atomic E-state index is 0.200. The summed E-state index contributed by atoms with van der Waals surface area (Å²) in [6, 6.07) is 6.90. The molecule has 0 saturated carbocycles. The van der Waals surface area contributed by atoms with Crippen molar-refractivity contribution in [3.05, 3.63) is 34.9 Å². The molecule has 1 rings (SSSR count). The molecule has 0 unspecified atom stereocenters. The number of hydrogen-bond donors (Lipinski definition) is 1. The molecule has 0 fully saturated rings. The van der Waals surface area contributed by atoms with E-state index >= 15 is 0 Å². The first kappa shape index (κ1) is 13.2. The molecular formula is C15H25N. The van der Waals surface area contributed by atoms with E-state index in [1.165, 1.54) is 16.7 Å². The van der Waals surface area contributed by atoms with Crippen molar-refractivity contribution in [3.8, 4) is 0 Å². The van der Waals surface area contributed by atoms with Crippen molar-refractivity contribution in [1.82, 2.24) is 0 Å². The zero-order valence-electron chi connectivity index (χ0n) is 11.1. The predicted molar refractivity (Wildman–Crippen MR) is 71.9 cm³/mol. The summed E-state index contributed by atoms with van der Waals surface area (Å²) in [5, 5.41) is 0. The van der Waals surface area contributed by atoms with Crippen LogP contribution in [0.4, 0.5) is 0 Å². The van der Waals surface area contributed by atoms with Gasteiger partial charge in [-0.1, -0.05) is 45.9 Å². The summed E-state index contributed by atoms with van der Waals surface area (Å²) >= 11 is 0. The molecule has 0 bridgehead atoms. The highest BCUT2D eigenvalue weighted by Gasteiger charge is 2.22. The SMILES string of the molecule is CCc1ccc(CC)c(C(C)(C)CCN)c1. The fourth-order valence-electron chi connectivity index (χ4n) is 2.28. The summed E-state index contributed by atoms with van der Waals surface area (Å²) in [4.78, 5) is 0. The van der Waals surface area contributed by atoms with Crippen LogP contribution in [0.25, 0.3) is 0 Å². The lowest BCUT2D eigenvalue weighted by atomic mass is 9.78. The summed E-state index contributed by atoms with van der Waals surface area (Å²) in [5.74, 6) is 0. The molecule has 0 amide bonds. The molecule has 1 aromatic carbocycles. The van der Waals surface area contributed by atoms with E-state index in [1.54, 1.807) is 0 Å². The van der Waals surface area contributed by atoms with E-state index in [9.17, 15) is 0 Å². The topological polar surface area (TPSA) is 26.0 Å². The average Bonchev–Trinajstić information content (AvgIpc) is 2.28. The Labute approximate surface area is 100 Å². The van der Waals surface area contributed by atoms with E-state index in [4.69, 9.17) is 5.73 Å². The van der Waals surface area contributed by atoms with Crippen molar-refractivity contribution in [2.24, 2.45) is 5.73 Å². The fraction of sp³-hybridized carbons (Fsp3) is 0.600. The van der Waals surface area contributed by atoms with E-state index in [2.05, 4.69) is 45.9 Å². The lowest BCUT2D eigenvalue weighted by Crippen LogP contribution is -2.23. The molecular weight excluding hydrogens is 194 g/mol. The lowest BCUT2D eigenvalue weighted by molar-refractivity contribution is 0.483. The van der Waals surface area contributed by atoms with Crippen molar-refractivity contribution in [1.29, 1.82) is 0 Å². The van der Waals surface area contributed by atoms with Gasteiger partial charge in [0.05, 0.1) is 0 Å². The molecule has 0 aromatic heterocycles. The van der Waals surface area contributed by atoms with Gasteiger partial charge in [-0.25, -0.2) is 0 Å². The monoisotopic (exact) mass is 219 g/mol. The zero-order chi connectivity index (χ0) is 12.2. The molecule has 1 aromatic rings.